The minimum absolute atomic E-state index is 0.257. The lowest BCUT2D eigenvalue weighted by Gasteiger charge is -2.28. The number of para-hydroxylation sites is 1. The number of carbonyl (C=O) groups is 2. The molecule has 30 heavy (non-hydrogen) atoms. The van der Waals surface area contributed by atoms with Crippen LogP contribution in [-0.2, 0) is 14.4 Å². The number of aryl methyl sites for hydroxylation is 1. The Balaban J connectivity index is 1.58. The first-order chi connectivity index (χ1) is 14.5. The Morgan fingerprint density at radius 1 is 0.800 bits per heavy atom. The highest BCUT2D eigenvalue weighted by Crippen LogP contribution is 2.47. The second kappa shape index (κ2) is 7.27. The second-order valence-corrected chi connectivity index (χ2v) is 7.99. The van der Waals surface area contributed by atoms with E-state index in [2.05, 4.69) is 0 Å². The first-order valence-corrected chi connectivity index (χ1v) is 10.1. The number of hydrogen-bond acceptors (Lipinski definition) is 4. The molecular formula is C24H19ClN2O3. The molecule has 3 atom stereocenters. The number of halogens is 1. The van der Waals surface area contributed by atoms with Crippen molar-refractivity contribution in [2.75, 3.05) is 9.96 Å². The van der Waals surface area contributed by atoms with Gasteiger partial charge in [-0.1, -0.05) is 59.6 Å². The van der Waals surface area contributed by atoms with E-state index in [1.807, 2.05) is 61.5 Å². The number of rotatable bonds is 3. The third kappa shape index (κ3) is 2.98. The molecule has 0 radical (unpaired) electrons. The standard InChI is InChI=1S/C24H19ClN2O3/c1-15-7-13-18(14-8-15)26-23(28)20-21(16-9-11-17(25)12-10-16)27(30-22(20)24(26)29)19-5-3-2-4-6-19/h2-14,20-22H,1H3/t20-,21-,22-/m0/s1. The van der Waals surface area contributed by atoms with Gasteiger partial charge in [-0.25, -0.2) is 9.96 Å². The van der Waals surface area contributed by atoms with E-state index in [4.69, 9.17) is 16.4 Å². The SMILES string of the molecule is Cc1ccc(N2C(=O)[C@@H]3[C@H](ON(c4ccccc4)[C@H]3c3ccc(Cl)cc3)C2=O)cc1. The van der Waals surface area contributed by atoms with Crippen molar-refractivity contribution in [2.45, 2.75) is 19.1 Å². The van der Waals surface area contributed by atoms with Crippen LogP contribution in [0.4, 0.5) is 11.4 Å². The van der Waals surface area contributed by atoms with E-state index in [9.17, 15) is 9.59 Å². The molecule has 0 N–H and O–H groups in total. The molecule has 2 fully saturated rings. The normalized spacial score (nSPS) is 23.2. The minimum Gasteiger partial charge on any atom is -0.273 e. The second-order valence-electron chi connectivity index (χ2n) is 7.56. The number of hydroxylamine groups is 1. The average Bonchev–Trinajstić information content (AvgIpc) is 3.27. The highest BCUT2D eigenvalue weighted by molar-refractivity contribution is 6.30. The van der Waals surface area contributed by atoms with Gasteiger partial charge in [-0.05, 0) is 48.9 Å². The molecule has 0 spiro atoms. The molecule has 0 aliphatic carbocycles. The molecule has 2 saturated heterocycles. The largest absolute Gasteiger partial charge is 0.273 e. The molecule has 2 amide bonds. The molecule has 150 valence electrons. The van der Waals surface area contributed by atoms with Crippen LogP contribution in [0.15, 0.2) is 78.9 Å². The third-order valence-electron chi connectivity index (χ3n) is 5.63. The van der Waals surface area contributed by atoms with Crippen molar-refractivity contribution in [3.05, 3.63) is 95.0 Å². The molecule has 3 aromatic rings. The van der Waals surface area contributed by atoms with Crippen LogP contribution in [0.1, 0.15) is 17.2 Å². The predicted octanol–water partition coefficient (Wildman–Crippen LogP) is 4.70. The molecule has 0 aromatic heterocycles. The third-order valence-corrected chi connectivity index (χ3v) is 5.88. The van der Waals surface area contributed by atoms with E-state index in [0.29, 0.717) is 10.7 Å². The van der Waals surface area contributed by atoms with Gasteiger partial charge in [0.05, 0.1) is 17.4 Å². The summed E-state index contributed by atoms with van der Waals surface area (Å²) in [6.07, 6.45) is -0.875. The van der Waals surface area contributed by atoms with Crippen molar-refractivity contribution >= 4 is 34.8 Å². The smallest absolute Gasteiger partial charge is 0.266 e. The minimum atomic E-state index is -0.875. The highest BCUT2D eigenvalue weighted by Gasteiger charge is 2.60. The van der Waals surface area contributed by atoms with Crippen molar-refractivity contribution in [1.29, 1.82) is 0 Å². The zero-order chi connectivity index (χ0) is 20.8. The molecule has 6 heteroatoms. The molecule has 2 aliphatic heterocycles. The van der Waals surface area contributed by atoms with Crippen LogP contribution in [0.2, 0.25) is 5.02 Å². The van der Waals surface area contributed by atoms with E-state index >= 15 is 0 Å². The number of nitrogens with zero attached hydrogens (tertiary/aromatic N) is 2. The van der Waals surface area contributed by atoms with Gasteiger partial charge >= 0.3 is 0 Å². The number of fused-ring (bicyclic) bond motifs is 1. The fourth-order valence-electron chi connectivity index (χ4n) is 4.16. The lowest BCUT2D eigenvalue weighted by Crippen LogP contribution is -2.37. The summed E-state index contributed by atoms with van der Waals surface area (Å²) < 4.78 is 0. The summed E-state index contributed by atoms with van der Waals surface area (Å²) in [6.45, 7) is 1.96. The zero-order valence-electron chi connectivity index (χ0n) is 16.2. The quantitative estimate of drug-likeness (QED) is 0.578. The maximum Gasteiger partial charge on any atom is 0.266 e. The predicted molar refractivity (Wildman–Crippen MR) is 115 cm³/mol. The van der Waals surface area contributed by atoms with Gasteiger partial charge in [0, 0.05) is 5.02 Å². The van der Waals surface area contributed by atoms with Crippen LogP contribution in [0.5, 0.6) is 0 Å². The summed E-state index contributed by atoms with van der Waals surface area (Å²) >= 11 is 6.08. The fourth-order valence-corrected chi connectivity index (χ4v) is 4.29. The van der Waals surface area contributed by atoms with Gasteiger partial charge in [0.25, 0.3) is 5.91 Å². The molecule has 2 heterocycles. The fraction of sp³-hybridized carbons (Fsp3) is 0.167. The van der Waals surface area contributed by atoms with E-state index in [1.165, 1.54) is 4.90 Å². The van der Waals surface area contributed by atoms with Crippen LogP contribution < -0.4 is 9.96 Å². The van der Waals surface area contributed by atoms with Crippen LogP contribution >= 0.6 is 11.6 Å². The van der Waals surface area contributed by atoms with Crippen molar-refractivity contribution in [3.63, 3.8) is 0 Å². The maximum absolute atomic E-state index is 13.5. The molecular weight excluding hydrogens is 400 g/mol. The Morgan fingerprint density at radius 2 is 1.47 bits per heavy atom. The van der Waals surface area contributed by atoms with E-state index in [-0.39, 0.29) is 11.8 Å². The topological polar surface area (TPSA) is 49.9 Å². The summed E-state index contributed by atoms with van der Waals surface area (Å²) in [5.74, 6) is -1.25. The number of anilines is 2. The van der Waals surface area contributed by atoms with E-state index in [1.54, 1.807) is 29.3 Å². The summed E-state index contributed by atoms with van der Waals surface area (Å²) in [5, 5.41) is 2.29. The number of hydrogen-bond donors (Lipinski definition) is 0. The number of imide groups is 1. The van der Waals surface area contributed by atoms with Gasteiger partial charge in [0.1, 0.15) is 5.92 Å². The molecule has 5 rings (SSSR count). The Morgan fingerprint density at radius 3 is 2.13 bits per heavy atom. The highest BCUT2D eigenvalue weighted by atomic mass is 35.5. The van der Waals surface area contributed by atoms with Crippen LogP contribution in [-0.4, -0.2) is 17.9 Å². The number of amides is 2. The number of benzene rings is 3. The van der Waals surface area contributed by atoms with Crippen LogP contribution in [0, 0.1) is 12.8 Å². The van der Waals surface area contributed by atoms with Crippen molar-refractivity contribution in [1.82, 2.24) is 0 Å². The summed E-state index contributed by atoms with van der Waals surface area (Å²) in [4.78, 5) is 34.1. The van der Waals surface area contributed by atoms with Gasteiger partial charge in [0.15, 0.2) is 6.10 Å². The van der Waals surface area contributed by atoms with E-state index in [0.717, 1.165) is 16.8 Å². The average molecular weight is 419 g/mol. The van der Waals surface area contributed by atoms with Crippen molar-refractivity contribution in [2.24, 2.45) is 5.92 Å². The van der Waals surface area contributed by atoms with Crippen LogP contribution in [0.25, 0.3) is 0 Å². The molecule has 0 unspecified atom stereocenters. The van der Waals surface area contributed by atoms with Gasteiger partial charge in [-0.15, -0.1) is 0 Å². The van der Waals surface area contributed by atoms with Crippen molar-refractivity contribution < 1.29 is 14.4 Å². The van der Waals surface area contributed by atoms with Gasteiger partial charge < -0.3 is 0 Å². The lowest BCUT2D eigenvalue weighted by atomic mass is 9.90. The Hall–Kier alpha value is -3.15. The Kier molecular flexibility index (Phi) is 4.57. The zero-order valence-corrected chi connectivity index (χ0v) is 17.0. The summed E-state index contributed by atoms with van der Waals surface area (Å²) in [6, 6.07) is 23.7. The molecule has 3 aromatic carbocycles. The first kappa shape index (κ1) is 18.9. The lowest BCUT2D eigenvalue weighted by molar-refractivity contribution is -0.126. The molecule has 0 saturated carbocycles. The van der Waals surface area contributed by atoms with Gasteiger partial charge in [-0.3, -0.25) is 14.4 Å². The Labute approximate surface area is 179 Å². The maximum atomic E-state index is 13.5. The number of carbonyl (C=O) groups excluding carboxylic acids is 2. The Bertz CT molecular complexity index is 1100. The van der Waals surface area contributed by atoms with Gasteiger partial charge in [0.2, 0.25) is 5.91 Å². The molecule has 5 nitrogen and oxygen atoms in total. The molecule has 0 bridgehead atoms. The summed E-state index contributed by atoms with van der Waals surface area (Å²) in [7, 11) is 0. The van der Waals surface area contributed by atoms with Crippen molar-refractivity contribution in [3.8, 4) is 0 Å². The van der Waals surface area contributed by atoms with Crippen LogP contribution in [0.3, 0.4) is 0 Å². The first-order valence-electron chi connectivity index (χ1n) is 9.75. The molecule has 2 aliphatic rings. The van der Waals surface area contributed by atoms with Gasteiger partial charge in [-0.2, -0.15) is 0 Å². The van der Waals surface area contributed by atoms with E-state index < -0.39 is 18.1 Å². The monoisotopic (exact) mass is 418 g/mol. The summed E-state index contributed by atoms with van der Waals surface area (Å²) in [5.41, 5.74) is 3.27.